The monoisotopic (exact) mass is 326 g/mol. The average molecular weight is 326 g/mol. The summed E-state index contributed by atoms with van der Waals surface area (Å²) >= 11 is 0. The van der Waals surface area contributed by atoms with E-state index in [2.05, 4.69) is 4.74 Å². The Bertz CT molecular complexity index is 666. The fourth-order valence-electron chi connectivity index (χ4n) is 1.87. The fraction of sp³-hybridized carbons (Fsp3) is 0.188. The minimum atomic E-state index is -4.74. The Morgan fingerprint density at radius 1 is 1.00 bits per heavy atom. The molecule has 0 atom stereocenters. The number of carboxylic acid groups (broad SMARTS) is 1. The van der Waals surface area contributed by atoms with E-state index in [1.165, 1.54) is 18.2 Å². The van der Waals surface area contributed by atoms with Crippen LogP contribution in [0.4, 0.5) is 13.2 Å². The highest BCUT2D eigenvalue weighted by atomic mass is 19.4. The number of halogens is 3. The molecular formula is C16H13F3O4. The van der Waals surface area contributed by atoms with Gasteiger partial charge in [0.15, 0.2) is 0 Å². The summed E-state index contributed by atoms with van der Waals surface area (Å²) in [6.07, 6.45) is -4.85. The van der Waals surface area contributed by atoms with Gasteiger partial charge < -0.3 is 14.6 Å². The third kappa shape index (κ3) is 5.54. The number of ether oxygens (including phenoxy) is 2. The lowest BCUT2D eigenvalue weighted by atomic mass is 10.1. The van der Waals surface area contributed by atoms with E-state index in [1.54, 1.807) is 30.3 Å². The van der Waals surface area contributed by atoms with Gasteiger partial charge in [0.05, 0.1) is 13.0 Å². The highest BCUT2D eigenvalue weighted by Gasteiger charge is 2.31. The lowest BCUT2D eigenvalue weighted by molar-refractivity contribution is -0.274. The van der Waals surface area contributed by atoms with Crippen molar-refractivity contribution in [2.75, 3.05) is 6.61 Å². The molecule has 2 aromatic carbocycles. The Morgan fingerprint density at radius 3 is 2.30 bits per heavy atom. The minimum absolute atomic E-state index is 0.0452. The summed E-state index contributed by atoms with van der Waals surface area (Å²) in [4.78, 5) is 10.4. The minimum Gasteiger partial charge on any atom is -0.493 e. The first kappa shape index (κ1) is 16.7. The van der Waals surface area contributed by atoms with E-state index in [0.29, 0.717) is 16.9 Å². The molecule has 0 heterocycles. The second-order valence-corrected chi connectivity index (χ2v) is 4.59. The Morgan fingerprint density at radius 2 is 1.70 bits per heavy atom. The molecule has 122 valence electrons. The van der Waals surface area contributed by atoms with Crippen LogP contribution in [0.1, 0.15) is 6.42 Å². The van der Waals surface area contributed by atoms with Crippen molar-refractivity contribution in [2.45, 2.75) is 12.8 Å². The van der Waals surface area contributed by atoms with Crippen LogP contribution in [0.3, 0.4) is 0 Å². The maximum absolute atomic E-state index is 12.2. The molecule has 0 amide bonds. The molecule has 0 radical (unpaired) electrons. The van der Waals surface area contributed by atoms with Gasteiger partial charge >= 0.3 is 12.3 Å². The number of aliphatic carboxylic acids is 1. The Balaban J connectivity index is 2.07. The summed E-state index contributed by atoms with van der Waals surface area (Å²) in [6.45, 7) is 0.0452. The first-order valence-corrected chi connectivity index (χ1v) is 6.64. The summed E-state index contributed by atoms with van der Waals surface area (Å²) < 4.78 is 45.8. The molecule has 4 nitrogen and oxygen atoms in total. The lowest BCUT2D eigenvalue weighted by Gasteiger charge is -2.10. The van der Waals surface area contributed by atoms with Gasteiger partial charge in [0.25, 0.3) is 0 Å². The molecule has 0 aliphatic rings. The molecule has 0 spiro atoms. The van der Waals surface area contributed by atoms with Crippen molar-refractivity contribution in [3.05, 3.63) is 48.5 Å². The predicted octanol–water partition coefficient (Wildman–Crippen LogP) is 4.11. The molecule has 23 heavy (non-hydrogen) atoms. The molecular weight excluding hydrogens is 313 g/mol. The van der Waals surface area contributed by atoms with Crippen LogP contribution in [0, 0.1) is 0 Å². The summed E-state index contributed by atoms with van der Waals surface area (Å²) in [5.41, 5.74) is 1.24. The molecule has 0 saturated heterocycles. The smallest absolute Gasteiger partial charge is 0.493 e. The molecule has 2 aromatic rings. The summed E-state index contributed by atoms with van der Waals surface area (Å²) in [5.74, 6) is -0.766. The van der Waals surface area contributed by atoms with Crippen LogP contribution in [0.5, 0.6) is 11.5 Å². The highest BCUT2D eigenvalue weighted by Crippen LogP contribution is 2.28. The fourth-order valence-corrected chi connectivity index (χ4v) is 1.87. The maximum atomic E-state index is 12.2. The normalized spacial score (nSPS) is 11.1. The number of hydrogen-bond donors (Lipinski definition) is 1. The molecule has 0 aromatic heterocycles. The zero-order valence-electron chi connectivity index (χ0n) is 11.8. The van der Waals surface area contributed by atoms with Crippen molar-refractivity contribution in [1.82, 2.24) is 0 Å². The van der Waals surface area contributed by atoms with Gasteiger partial charge in [0, 0.05) is 0 Å². The van der Waals surface area contributed by atoms with Crippen LogP contribution >= 0.6 is 0 Å². The predicted molar refractivity (Wildman–Crippen MR) is 76.3 cm³/mol. The number of benzene rings is 2. The van der Waals surface area contributed by atoms with Gasteiger partial charge in [-0.3, -0.25) is 4.79 Å². The summed E-state index contributed by atoms with van der Waals surface area (Å²) in [5, 5.41) is 8.52. The molecule has 1 N–H and O–H groups in total. The zero-order valence-corrected chi connectivity index (χ0v) is 11.8. The van der Waals surface area contributed by atoms with Crippen LogP contribution in [-0.4, -0.2) is 24.0 Å². The molecule has 0 saturated carbocycles. The maximum Gasteiger partial charge on any atom is 0.573 e. The van der Waals surface area contributed by atoms with Crippen molar-refractivity contribution in [3.8, 4) is 22.6 Å². The van der Waals surface area contributed by atoms with E-state index in [0.717, 1.165) is 0 Å². The zero-order chi connectivity index (χ0) is 16.9. The molecule has 2 rings (SSSR count). The van der Waals surface area contributed by atoms with Crippen molar-refractivity contribution in [3.63, 3.8) is 0 Å². The van der Waals surface area contributed by atoms with E-state index in [9.17, 15) is 18.0 Å². The van der Waals surface area contributed by atoms with Crippen molar-refractivity contribution < 1.29 is 32.5 Å². The Labute approximate surface area is 130 Å². The van der Waals surface area contributed by atoms with Crippen molar-refractivity contribution >= 4 is 5.97 Å². The van der Waals surface area contributed by atoms with Crippen LogP contribution in [0.25, 0.3) is 11.1 Å². The van der Waals surface area contributed by atoms with Crippen molar-refractivity contribution in [1.29, 1.82) is 0 Å². The number of carbonyl (C=O) groups is 1. The first-order valence-electron chi connectivity index (χ1n) is 6.64. The number of hydrogen-bond acceptors (Lipinski definition) is 3. The van der Waals surface area contributed by atoms with Gasteiger partial charge in [-0.25, -0.2) is 0 Å². The SMILES string of the molecule is O=C(O)CCOc1ccc(-c2cccc(OC(F)(F)F)c2)cc1. The Hall–Kier alpha value is -2.70. The molecule has 0 bridgehead atoms. The second kappa shape index (κ2) is 7.04. The van der Waals surface area contributed by atoms with Crippen LogP contribution < -0.4 is 9.47 Å². The topological polar surface area (TPSA) is 55.8 Å². The number of rotatable bonds is 6. The molecule has 7 heteroatoms. The quantitative estimate of drug-likeness (QED) is 0.868. The largest absolute Gasteiger partial charge is 0.573 e. The van der Waals surface area contributed by atoms with Gasteiger partial charge in [-0.1, -0.05) is 24.3 Å². The van der Waals surface area contributed by atoms with E-state index in [4.69, 9.17) is 9.84 Å². The highest BCUT2D eigenvalue weighted by molar-refractivity contribution is 5.67. The third-order valence-corrected chi connectivity index (χ3v) is 2.84. The Kier molecular flexibility index (Phi) is 5.10. The second-order valence-electron chi connectivity index (χ2n) is 4.59. The van der Waals surface area contributed by atoms with E-state index in [-0.39, 0.29) is 18.8 Å². The van der Waals surface area contributed by atoms with Gasteiger partial charge in [0.1, 0.15) is 11.5 Å². The van der Waals surface area contributed by atoms with E-state index >= 15 is 0 Å². The first-order chi connectivity index (χ1) is 10.8. The summed E-state index contributed by atoms with van der Waals surface area (Å²) in [6, 6.07) is 12.2. The van der Waals surface area contributed by atoms with Gasteiger partial charge in [0.2, 0.25) is 0 Å². The van der Waals surface area contributed by atoms with Crippen LogP contribution in [0.2, 0.25) is 0 Å². The third-order valence-electron chi connectivity index (χ3n) is 2.84. The van der Waals surface area contributed by atoms with E-state index in [1.807, 2.05) is 0 Å². The van der Waals surface area contributed by atoms with Crippen molar-refractivity contribution in [2.24, 2.45) is 0 Å². The van der Waals surface area contributed by atoms with Gasteiger partial charge in [-0.2, -0.15) is 0 Å². The van der Waals surface area contributed by atoms with Gasteiger partial charge in [-0.15, -0.1) is 13.2 Å². The van der Waals surface area contributed by atoms with Gasteiger partial charge in [-0.05, 0) is 35.4 Å². The molecule has 0 aliphatic heterocycles. The average Bonchev–Trinajstić information content (AvgIpc) is 2.46. The standard InChI is InChI=1S/C16H13F3O4/c17-16(18,19)23-14-3-1-2-12(10-14)11-4-6-13(7-5-11)22-9-8-15(20)21/h1-7,10H,8-9H2,(H,20,21). The van der Waals surface area contributed by atoms with E-state index < -0.39 is 12.3 Å². The lowest BCUT2D eigenvalue weighted by Crippen LogP contribution is -2.17. The summed E-state index contributed by atoms with van der Waals surface area (Å²) in [7, 11) is 0. The molecule has 0 fully saturated rings. The molecule has 0 unspecified atom stereocenters. The van der Waals surface area contributed by atoms with Crippen LogP contribution in [0.15, 0.2) is 48.5 Å². The number of alkyl halides is 3. The van der Waals surface area contributed by atoms with Crippen LogP contribution in [-0.2, 0) is 4.79 Å². The molecule has 0 aliphatic carbocycles. The number of carboxylic acids is 1.